The fraction of sp³-hybridized carbons (Fsp3) is 0.292. The third-order valence-electron chi connectivity index (χ3n) is 5.57. The number of phenolic OH excluding ortho intramolecular Hbond substituents is 1. The van der Waals surface area contributed by atoms with E-state index in [2.05, 4.69) is 15.2 Å². The van der Waals surface area contributed by atoms with E-state index in [0.29, 0.717) is 32.0 Å². The van der Waals surface area contributed by atoms with Crippen LogP contribution >= 0.6 is 0 Å². The fourth-order valence-corrected chi connectivity index (χ4v) is 3.88. The third-order valence-corrected chi connectivity index (χ3v) is 5.57. The number of nitrogens with zero attached hydrogens (tertiary/aromatic N) is 3. The number of benzene rings is 1. The number of carbonyl (C=O) groups is 1. The number of nitrogens with one attached hydrogen (secondary N) is 1. The minimum atomic E-state index is -0.209. The molecule has 0 saturated carbocycles. The minimum Gasteiger partial charge on any atom is -0.507 e. The van der Waals surface area contributed by atoms with Gasteiger partial charge in [-0.05, 0) is 43.7 Å². The van der Waals surface area contributed by atoms with Crippen molar-refractivity contribution in [3.8, 4) is 16.9 Å². The molecule has 3 aromatic rings. The van der Waals surface area contributed by atoms with Crippen LogP contribution in [0.1, 0.15) is 29.9 Å². The highest BCUT2D eigenvalue weighted by molar-refractivity contribution is 5.99. The number of pyridine rings is 1. The predicted octanol–water partition coefficient (Wildman–Crippen LogP) is 3.76. The van der Waals surface area contributed by atoms with E-state index in [-0.39, 0.29) is 17.2 Å². The number of ether oxygens (including phenoxy) is 2. The Morgan fingerprint density at radius 3 is 2.66 bits per heavy atom. The highest BCUT2D eigenvalue weighted by atomic mass is 16.5. The molecule has 1 aliphatic heterocycles. The number of morpholine rings is 1. The van der Waals surface area contributed by atoms with E-state index in [1.54, 1.807) is 36.4 Å². The molecule has 0 unspecified atom stereocenters. The molecule has 4 rings (SSSR count). The number of hydrogen-bond donors (Lipinski definition) is 2. The van der Waals surface area contributed by atoms with E-state index >= 15 is 0 Å². The Balaban J connectivity index is 1.75. The molecule has 3 heterocycles. The number of H-pyrrole nitrogens is 1. The summed E-state index contributed by atoms with van der Waals surface area (Å²) in [4.78, 5) is 19.1. The normalized spacial score (nSPS) is 15.3. The van der Waals surface area contributed by atoms with E-state index in [1.807, 2.05) is 32.1 Å². The molecule has 0 atom stereocenters. The van der Waals surface area contributed by atoms with Gasteiger partial charge in [0.2, 0.25) is 0 Å². The van der Waals surface area contributed by atoms with Crippen LogP contribution in [0.2, 0.25) is 0 Å². The van der Waals surface area contributed by atoms with Crippen LogP contribution in [0.4, 0.5) is 0 Å². The zero-order chi connectivity index (χ0) is 22.7. The molecule has 0 aliphatic carbocycles. The number of phenols is 1. The number of amides is 1. The standard InChI is InChI=1S/C24H26N4O4/c1-4-17(21(5-2)31-3)22-19-13-16(14-25-23(19)27-26-22)15-6-7-20(29)18(12-15)24(30)28-8-10-32-11-9-28/h4-7,12-14,29H,8-11H2,1-3H3,(H,25,26,27)/b17-4+,21-5+. The molecule has 1 amide bonds. The summed E-state index contributed by atoms with van der Waals surface area (Å²) in [5.41, 5.74) is 4.12. The quantitative estimate of drug-likeness (QED) is 0.469. The number of allylic oxidation sites excluding steroid dienone is 3. The summed E-state index contributed by atoms with van der Waals surface area (Å²) >= 11 is 0. The first-order chi connectivity index (χ1) is 15.6. The molecule has 32 heavy (non-hydrogen) atoms. The van der Waals surface area contributed by atoms with Gasteiger partial charge in [0, 0.05) is 35.8 Å². The largest absolute Gasteiger partial charge is 0.507 e. The number of carbonyl (C=O) groups excluding carboxylic acids is 1. The highest BCUT2D eigenvalue weighted by Gasteiger charge is 2.22. The SMILES string of the molecule is C/C=C(\C(=C/C)OC)c1[nH]nc2ncc(-c3ccc(O)c(C(=O)N4CCOCC4)c3)cc12. The Labute approximate surface area is 186 Å². The van der Waals surface area contributed by atoms with Crippen molar-refractivity contribution in [1.29, 1.82) is 0 Å². The van der Waals surface area contributed by atoms with Crippen molar-refractivity contribution in [2.45, 2.75) is 13.8 Å². The van der Waals surface area contributed by atoms with Crippen molar-refractivity contribution < 1.29 is 19.4 Å². The average Bonchev–Trinajstić information content (AvgIpc) is 3.25. The summed E-state index contributed by atoms with van der Waals surface area (Å²) in [6.45, 7) is 5.86. The van der Waals surface area contributed by atoms with Gasteiger partial charge in [-0.3, -0.25) is 9.89 Å². The van der Waals surface area contributed by atoms with E-state index in [9.17, 15) is 9.90 Å². The summed E-state index contributed by atoms with van der Waals surface area (Å²) in [7, 11) is 1.63. The first-order valence-corrected chi connectivity index (χ1v) is 10.5. The lowest BCUT2D eigenvalue weighted by Gasteiger charge is -2.27. The number of aromatic amines is 1. The molecule has 1 fully saturated rings. The minimum absolute atomic E-state index is 0.0442. The van der Waals surface area contributed by atoms with Crippen LogP contribution in [-0.4, -0.2) is 64.5 Å². The van der Waals surface area contributed by atoms with Gasteiger partial charge in [0.25, 0.3) is 5.91 Å². The van der Waals surface area contributed by atoms with E-state index in [1.165, 1.54) is 0 Å². The van der Waals surface area contributed by atoms with Crippen LogP contribution in [0.15, 0.2) is 48.4 Å². The number of rotatable bonds is 5. The third kappa shape index (κ3) is 3.97. The summed E-state index contributed by atoms with van der Waals surface area (Å²) in [6.07, 6.45) is 5.56. The average molecular weight is 434 g/mol. The van der Waals surface area contributed by atoms with Gasteiger partial charge in [-0.25, -0.2) is 4.98 Å². The van der Waals surface area contributed by atoms with Crippen molar-refractivity contribution in [3.63, 3.8) is 0 Å². The van der Waals surface area contributed by atoms with Gasteiger partial charge in [0.15, 0.2) is 5.65 Å². The van der Waals surface area contributed by atoms with Crippen molar-refractivity contribution in [1.82, 2.24) is 20.1 Å². The van der Waals surface area contributed by atoms with Crippen LogP contribution in [0, 0.1) is 0 Å². The second-order valence-corrected chi connectivity index (χ2v) is 7.39. The van der Waals surface area contributed by atoms with Crippen molar-refractivity contribution in [3.05, 3.63) is 59.6 Å². The van der Waals surface area contributed by atoms with Gasteiger partial charge < -0.3 is 19.5 Å². The molecule has 2 aromatic heterocycles. The summed E-state index contributed by atoms with van der Waals surface area (Å²) < 4.78 is 10.8. The monoisotopic (exact) mass is 434 g/mol. The molecule has 1 aliphatic rings. The lowest BCUT2D eigenvalue weighted by atomic mass is 10.0. The van der Waals surface area contributed by atoms with E-state index in [0.717, 1.165) is 33.5 Å². The zero-order valence-corrected chi connectivity index (χ0v) is 18.4. The Bertz CT molecular complexity index is 1210. The second-order valence-electron chi connectivity index (χ2n) is 7.39. The van der Waals surface area contributed by atoms with Gasteiger partial charge in [0.1, 0.15) is 11.5 Å². The lowest BCUT2D eigenvalue weighted by molar-refractivity contribution is 0.0301. The smallest absolute Gasteiger partial charge is 0.257 e. The molecule has 0 radical (unpaired) electrons. The van der Waals surface area contributed by atoms with Crippen LogP contribution in [-0.2, 0) is 9.47 Å². The van der Waals surface area contributed by atoms with Gasteiger partial charge in [0.05, 0.1) is 31.6 Å². The first kappa shape index (κ1) is 21.6. The van der Waals surface area contributed by atoms with Crippen LogP contribution < -0.4 is 0 Å². The van der Waals surface area contributed by atoms with Gasteiger partial charge >= 0.3 is 0 Å². The molecular weight excluding hydrogens is 408 g/mol. The van der Waals surface area contributed by atoms with Crippen molar-refractivity contribution >= 4 is 22.5 Å². The zero-order valence-electron chi connectivity index (χ0n) is 18.4. The number of hydrogen-bond acceptors (Lipinski definition) is 6. The second kappa shape index (κ2) is 9.23. The molecule has 166 valence electrons. The van der Waals surface area contributed by atoms with Gasteiger partial charge in [-0.2, -0.15) is 5.10 Å². The van der Waals surface area contributed by atoms with Crippen molar-refractivity contribution in [2.75, 3.05) is 33.4 Å². The Morgan fingerprint density at radius 1 is 1.19 bits per heavy atom. The Morgan fingerprint density at radius 2 is 1.97 bits per heavy atom. The molecule has 8 nitrogen and oxygen atoms in total. The number of aromatic nitrogens is 3. The molecule has 1 saturated heterocycles. The maximum absolute atomic E-state index is 13.0. The molecule has 0 bridgehead atoms. The summed E-state index contributed by atoms with van der Waals surface area (Å²) in [5, 5.41) is 18.6. The topological polar surface area (TPSA) is 101 Å². The number of fused-ring (bicyclic) bond motifs is 1. The van der Waals surface area contributed by atoms with Crippen LogP contribution in [0.25, 0.3) is 27.7 Å². The molecule has 8 heteroatoms. The predicted molar refractivity (Wildman–Crippen MR) is 122 cm³/mol. The summed E-state index contributed by atoms with van der Waals surface area (Å²) in [6, 6.07) is 7.00. The fourth-order valence-electron chi connectivity index (χ4n) is 3.88. The van der Waals surface area contributed by atoms with Crippen LogP contribution in [0.5, 0.6) is 5.75 Å². The maximum Gasteiger partial charge on any atom is 0.257 e. The lowest BCUT2D eigenvalue weighted by Crippen LogP contribution is -2.40. The number of methoxy groups -OCH3 is 1. The van der Waals surface area contributed by atoms with E-state index in [4.69, 9.17) is 9.47 Å². The highest BCUT2D eigenvalue weighted by Crippen LogP contribution is 2.32. The van der Waals surface area contributed by atoms with Gasteiger partial charge in [-0.1, -0.05) is 12.1 Å². The molecule has 0 spiro atoms. The molecule has 2 N–H and O–H groups in total. The molecular formula is C24H26N4O4. The maximum atomic E-state index is 13.0. The Hall–Kier alpha value is -3.65. The van der Waals surface area contributed by atoms with E-state index < -0.39 is 0 Å². The molecule has 1 aromatic carbocycles. The first-order valence-electron chi connectivity index (χ1n) is 10.5. The Kier molecular flexibility index (Phi) is 6.23. The van der Waals surface area contributed by atoms with Crippen molar-refractivity contribution in [2.24, 2.45) is 0 Å². The van der Waals surface area contributed by atoms with Gasteiger partial charge in [-0.15, -0.1) is 0 Å². The van der Waals surface area contributed by atoms with Crippen LogP contribution in [0.3, 0.4) is 0 Å². The summed E-state index contributed by atoms with van der Waals surface area (Å²) in [5.74, 6) is 0.475. The number of aromatic hydroxyl groups is 1.